The number of pyridine rings is 1. The molecule has 1 heterocycles. The number of rotatable bonds is 7. The summed E-state index contributed by atoms with van der Waals surface area (Å²) in [4.78, 5) is 17.3. The van der Waals surface area contributed by atoms with Crippen molar-refractivity contribution >= 4 is 17.3 Å². The third kappa shape index (κ3) is 3.33. The Kier molecular flexibility index (Phi) is 4.19. The van der Waals surface area contributed by atoms with Gasteiger partial charge in [-0.1, -0.05) is 6.92 Å². The van der Waals surface area contributed by atoms with E-state index in [4.69, 9.17) is 0 Å². The van der Waals surface area contributed by atoms with Crippen molar-refractivity contribution in [3.05, 3.63) is 22.2 Å². The van der Waals surface area contributed by atoms with Gasteiger partial charge in [0, 0.05) is 19.1 Å². The van der Waals surface area contributed by atoms with E-state index >= 15 is 0 Å². The van der Waals surface area contributed by atoms with E-state index in [1.165, 1.54) is 6.07 Å². The van der Waals surface area contributed by atoms with Crippen LogP contribution in [0, 0.1) is 10.1 Å². The molecule has 0 spiro atoms. The fourth-order valence-electron chi connectivity index (χ4n) is 2.09. The Hall–Kier alpha value is -1.85. The minimum atomic E-state index is -0.358. The standard InChI is InChI=1S/C13H20N4O2/c1-3-7-14-12-8-11(17(18)19)9-13(15-12)16(4-2)10-5-6-10/h8-10H,3-7H2,1-2H3,(H,14,15). The molecule has 0 aromatic carbocycles. The van der Waals surface area contributed by atoms with Crippen molar-refractivity contribution in [2.45, 2.75) is 39.2 Å². The average molecular weight is 264 g/mol. The highest BCUT2D eigenvalue weighted by molar-refractivity contribution is 5.56. The maximum atomic E-state index is 11.0. The molecule has 0 amide bonds. The fraction of sp³-hybridized carbons (Fsp3) is 0.615. The second-order valence-corrected chi connectivity index (χ2v) is 4.77. The molecule has 1 aliphatic rings. The molecule has 0 saturated heterocycles. The van der Waals surface area contributed by atoms with Gasteiger partial charge in [0.25, 0.3) is 5.69 Å². The lowest BCUT2D eigenvalue weighted by Gasteiger charge is -2.22. The average Bonchev–Trinajstić information content (AvgIpc) is 3.21. The molecule has 0 unspecified atom stereocenters. The van der Waals surface area contributed by atoms with E-state index in [2.05, 4.69) is 22.1 Å². The Morgan fingerprint density at radius 1 is 1.47 bits per heavy atom. The summed E-state index contributed by atoms with van der Waals surface area (Å²) in [5.74, 6) is 1.29. The Morgan fingerprint density at radius 2 is 2.21 bits per heavy atom. The molecule has 0 atom stereocenters. The van der Waals surface area contributed by atoms with Crippen LogP contribution in [0.15, 0.2) is 12.1 Å². The Labute approximate surface area is 113 Å². The summed E-state index contributed by atoms with van der Waals surface area (Å²) in [6, 6.07) is 3.57. The van der Waals surface area contributed by atoms with Crippen LogP contribution in [-0.4, -0.2) is 29.0 Å². The van der Waals surface area contributed by atoms with E-state index in [1.807, 2.05) is 6.92 Å². The van der Waals surface area contributed by atoms with E-state index < -0.39 is 0 Å². The Morgan fingerprint density at radius 3 is 2.74 bits per heavy atom. The Balaban J connectivity index is 2.29. The van der Waals surface area contributed by atoms with Gasteiger partial charge < -0.3 is 10.2 Å². The molecule has 1 aliphatic carbocycles. The molecule has 1 aromatic rings. The second kappa shape index (κ2) is 5.86. The molecular formula is C13H20N4O2. The van der Waals surface area contributed by atoms with Crippen molar-refractivity contribution in [2.24, 2.45) is 0 Å². The van der Waals surface area contributed by atoms with Crippen LogP contribution in [0.3, 0.4) is 0 Å². The molecule has 1 aromatic heterocycles. The smallest absolute Gasteiger partial charge is 0.276 e. The quantitative estimate of drug-likeness (QED) is 0.605. The molecule has 0 radical (unpaired) electrons. The normalized spacial score (nSPS) is 14.2. The first-order chi connectivity index (χ1) is 9.15. The van der Waals surface area contributed by atoms with Crippen molar-refractivity contribution in [3.63, 3.8) is 0 Å². The maximum absolute atomic E-state index is 11.0. The van der Waals surface area contributed by atoms with Gasteiger partial charge in [-0.2, -0.15) is 0 Å². The van der Waals surface area contributed by atoms with Gasteiger partial charge in [-0.15, -0.1) is 0 Å². The number of hydrogen-bond donors (Lipinski definition) is 1. The molecule has 6 heteroatoms. The van der Waals surface area contributed by atoms with Crippen LogP contribution in [-0.2, 0) is 0 Å². The SMILES string of the molecule is CCCNc1cc([N+](=O)[O-])cc(N(CC)C2CC2)n1. The first-order valence-corrected chi connectivity index (χ1v) is 6.82. The highest BCUT2D eigenvalue weighted by Gasteiger charge is 2.30. The van der Waals surface area contributed by atoms with Crippen LogP contribution in [0.2, 0.25) is 0 Å². The summed E-state index contributed by atoms with van der Waals surface area (Å²) < 4.78 is 0. The van der Waals surface area contributed by atoms with Crippen molar-refractivity contribution in [3.8, 4) is 0 Å². The second-order valence-electron chi connectivity index (χ2n) is 4.77. The summed E-state index contributed by atoms with van der Waals surface area (Å²) in [5.41, 5.74) is 0.0997. The van der Waals surface area contributed by atoms with Gasteiger partial charge in [-0.25, -0.2) is 4.98 Å². The van der Waals surface area contributed by atoms with Crippen LogP contribution in [0.25, 0.3) is 0 Å². The minimum absolute atomic E-state index is 0.0997. The number of hydrogen-bond acceptors (Lipinski definition) is 5. The lowest BCUT2D eigenvalue weighted by molar-refractivity contribution is -0.384. The molecule has 2 rings (SSSR count). The van der Waals surface area contributed by atoms with Gasteiger partial charge in [0.05, 0.1) is 17.1 Å². The van der Waals surface area contributed by atoms with Gasteiger partial charge in [-0.05, 0) is 26.2 Å². The summed E-state index contributed by atoms with van der Waals surface area (Å²) in [5, 5.41) is 14.1. The largest absolute Gasteiger partial charge is 0.370 e. The zero-order valence-electron chi connectivity index (χ0n) is 11.4. The van der Waals surface area contributed by atoms with E-state index in [-0.39, 0.29) is 10.6 Å². The van der Waals surface area contributed by atoms with Crippen molar-refractivity contribution < 1.29 is 4.92 Å². The van der Waals surface area contributed by atoms with Crippen LogP contribution < -0.4 is 10.2 Å². The van der Waals surface area contributed by atoms with Crippen LogP contribution >= 0.6 is 0 Å². The van der Waals surface area contributed by atoms with Gasteiger partial charge in [-0.3, -0.25) is 10.1 Å². The zero-order valence-corrected chi connectivity index (χ0v) is 11.4. The van der Waals surface area contributed by atoms with E-state index in [0.29, 0.717) is 17.7 Å². The van der Waals surface area contributed by atoms with Crippen molar-refractivity contribution in [2.75, 3.05) is 23.3 Å². The molecule has 0 aliphatic heterocycles. The summed E-state index contributed by atoms with van der Waals surface area (Å²) in [6.07, 6.45) is 3.26. The van der Waals surface area contributed by atoms with Gasteiger partial charge in [0.2, 0.25) is 0 Å². The monoisotopic (exact) mass is 264 g/mol. The minimum Gasteiger partial charge on any atom is -0.370 e. The Bertz CT molecular complexity index is 460. The number of aromatic nitrogens is 1. The molecule has 0 bridgehead atoms. The highest BCUT2D eigenvalue weighted by Crippen LogP contribution is 2.32. The molecule has 1 fully saturated rings. The first-order valence-electron chi connectivity index (χ1n) is 6.82. The number of anilines is 2. The van der Waals surface area contributed by atoms with Crippen molar-refractivity contribution in [1.82, 2.24) is 4.98 Å². The lowest BCUT2D eigenvalue weighted by atomic mass is 10.3. The van der Waals surface area contributed by atoms with Crippen LogP contribution in [0.4, 0.5) is 17.3 Å². The summed E-state index contributed by atoms with van der Waals surface area (Å²) in [6.45, 7) is 5.70. The third-order valence-electron chi connectivity index (χ3n) is 3.19. The number of nitrogens with one attached hydrogen (secondary N) is 1. The number of nitro groups is 1. The third-order valence-corrected chi connectivity index (χ3v) is 3.19. The van der Waals surface area contributed by atoms with Crippen LogP contribution in [0.1, 0.15) is 33.1 Å². The predicted octanol–water partition coefficient (Wildman–Crippen LogP) is 2.80. The van der Waals surface area contributed by atoms with E-state index in [1.54, 1.807) is 6.07 Å². The molecule has 19 heavy (non-hydrogen) atoms. The highest BCUT2D eigenvalue weighted by atomic mass is 16.6. The molecule has 6 nitrogen and oxygen atoms in total. The predicted molar refractivity (Wildman–Crippen MR) is 75.7 cm³/mol. The topological polar surface area (TPSA) is 71.3 Å². The molecule has 1 N–H and O–H groups in total. The molecule has 1 saturated carbocycles. The number of nitrogens with zero attached hydrogens (tertiary/aromatic N) is 3. The molecular weight excluding hydrogens is 244 g/mol. The van der Waals surface area contributed by atoms with Gasteiger partial charge in [0.15, 0.2) is 0 Å². The molecule has 104 valence electrons. The van der Waals surface area contributed by atoms with E-state index in [9.17, 15) is 10.1 Å². The van der Waals surface area contributed by atoms with Crippen LogP contribution in [0.5, 0.6) is 0 Å². The zero-order chi connectivity index (χ0) is 13.8. The summed E-state index contributed by atoms with van der Waals surface area (Å²) >= 11 is 0. The maximum Gasteiger partial charge on any atom is 0.276 e. The van der Waals surface area contributed by atoms with Crippen molar-refractivity contribution in [1.29, 1.82) is 0 Å². The fourth-order valence-corrected chi connectivity index (χ4v) is 2.09. The van der Waals surface area contributed by atoms with Gasteiger partial charge >= 0.3 is 0 Å². The summed E-state index contributed by atoms with van der Waals surface area (Å²) in [7, 11) is 0. The first kappa shape index (κ1) is 13.6. The van der Waals surface area contributed by atoms with Gasteiger partial charge in [0.1, 0.15) is 11.6 Å². The lowest BCUT2D eigenvalue weighted by Crippen LogP contribution is -2.26. The van der Waals surface area contributed by atoms with E-state index in [0.717, 1.165) is 32.4 Å².